The van der Waals surface area contributed by atoms with Gasteiger partial charge in [-0.25, -0.2) is 9.18 Å². The Morgan fingerprint density at radius 2 is 2.26 bits per heavy atom. The molecule has 19 heavy (non-hydrogen) atoms. The monoisotopic (exact) mass is 275 g/mol. The van der Waals surface area contributed by atoms with Gasteiger partial charge < -0.3 is 20.7 Å². The van der Waals surface area contributed by atoms with Gasteiger partial charge >= 0.3 is 5.69 Å². The summed E-state index contributed by atoms with van der Waals surface area (Å²) in [7, 11) is 0. The highest BCUT2D eigenvalue weighted by atomic mass is 19.1. The van der Waals surface area contributed by atoms with E-state index in [1.807, 2.05) is 0 Å². The number of nitrogen functional groups attached to an aromatic ring is 1. The van der Waals surface area contributed by atoms with Crippen LogP contribution in [-0.4, -0.2) is 45.3 Å². The molecule has 4 N–H and O–H groups in total. The number of hydrogen-bond donors (Lipinski definition) is 3. The molecule has 0 aromatic carbocycles. The van der Waals surface area contributed by atoms with Crippen molar-refractivity contribution in [2.24, 2.45) is 0 Å². The second kappa shape index (κ2) is 6.60. The third-order valence-corrected chi connectivity index (χ3v) is 2.70. The molecule has 7 nitrogen and oxygen atoms in total. The molecule has 0 amide bonds. The smallest absolute Gasteiger partial charge is 0.351 e. The van der Waals surface area contributed by atoms with Crippen LogP contribution in [0.3, 0.4) is 0 Å². The van der Waals surface area contributed by atoms with Crippen LogP contribution in [-0.2, 0) is 4.74 Å². The van der Waals surface area contributed by atoms with Gasteiger partial charge in [0.2, 0.25) is 0 Å². The van der Waals surface area contributed by atoms with Crippen LogP contribution in [0.1, 0.15) is 18.7 Å². The Labute approximate surface area is 109 Å². The number of aryl methyl sites for hydroxylation is 1. The molecule has 1 heterocycles. The van der Waals surface area contributed by atoms with Crippen LogP contribution in [0.25, 0.3) is 0 Å². The van der Waals surface area contributed by atoms with E-state index in [1.165, 1.54) is 13.1 Å². The Morgan fingerprint density at radius 3 is 2.79 bits per heavy atom. The second-order valence-corrected chi connectivity index (χ2v) is 4.18. The molecular formula is C11H18FN3O4. The Morgan fingerprint density at radius 1 is 1.63 bits per heavy atom. The average Bonchev–Trinajstić information content (AvgIpc) is 2.38. The van der Waals surface area contributed by atoms with E-state index in [-0.39, 0.29) is 5.82 Å². The van der Waals surface area contributed by atoms with Gasteiger partial charge in [-0.1, -0.05) is 0 Å². The van der Waals surface area contributed by atoms with Crippen molar-refractivity contribution >= 4 is 5.82 Å². The van der Waals surface area contributed by atoms with Crippen LogP contribution in [0.15, 0.2) is 11.0 Å². The van der Waals surface area contributed by atoms with Crippen LogP contribution < -0.4 is 11.4 Å². The quantitative estimate of drug-likeness (QED) is 0.637. The summed E-state index contributed by atoms with van der Waals surface area (Å²) in [5.74, 6) is 0.121. The largest absolute Gasteiger partial charge is 0.394 e. The van der Waals surface area contributed by atoms with Crippen molar-refractivity contribution in [3.05, 3.63) is 22.2 Å². The van der Waals surface area contributed by atoms with E-state index in [9.17, 15) is 14.3 Å². The predicted molar refractivity (Wildman–Crippen MR) is 66.3 cm³/mol. The first-order chi connectivity index (χ1) is 8.90. The number of rotatable bonds is 6. The number of aromatic nitrogens is 2. The summed E-state index contributed by atoms with van der Waals surface area (Å²) in [6, 6.07) is 0. The van der Waals surface area contributed by atoms with Gasteiger partial charge in [0, 0.05) is 11.8 Å². The van der Waals surface area contributed by atoms with Crippen LogP contribution in [0.2, 0.25) is 0 Å². The van der Waals surface area contributed by atoms with Crippen molar-refractivity contribution in [3.63, 3.8) is 0 Å². The first-order valence-electron chi connectivity index (χ1n) is 5.76. The zero-order chi connectivity index (χ0) is 14.6. The number of ether oxygens (including phenoxy) is 1. The molecule has 1 aromatic heterocycles. The highest BCUT2D eigenvalue weighted by molar-refractivity contribution is 5.35. The van der Waals surface area contributed by atoms with Crippen molar-refractivity contribution in [2.45, 2.75) is 32.3 Å². The molecular weight excluding hydrogens is 257 g/mol. The second-order valence-electron chi connectivity index (χ2n) is 4.18. The number of alkyl halides is 1. The summed E-state index contributed by atoms with van der Waals surface area (Å²) in [6.45, 7) is 1.58. The fraction of sp³-hybridized carbons (Fsp3) is 0.636. The predicted octanol–water partition coefficient (Wildman–Crippen LogP) is -0.640. The van der Waals surface area contributed by atoms with Gasteiger partial charge in [-0.3, -0.25) is 4.57 Å². The Bertz CT molecular complexity index is 479. The van der Waals surface area contributed by atoms with Crippen molar-refractivity contribution < 1.29 is 19.3 Å². The standard InChI is InChI=1S/C11H18FN3O4/c1-6-4-15(11(18)14-10(6)13)7(2)19-9(5-16)8(17)3-12/h4,7-9,16-17H,3,5H2,1-2H3,(H2,13,14,18)/t7?,8-,9+/m0/s1. The molecule has 0 aliphatic carbocycles. The van der Waals surface area contributed by atoms with Gasteiger partial charge in [0.05, 0.1) is 6.61 Å². The number of halogens is 1. The summed E-state index contributed by atoms with van der Waals surface area (Å²) < 4.78 is 18.7. The fourth-order valence-corrected chi connectivity index (χ4v) is 1.51. The van der Waals surface area contributed by atoms with E-state index in [4.69, 9.17) is 15.6 Å². The molecule has 0 aliphatic heterocycles. The third kappa shape index (κ3) is 3.72. The lowest BCUT2D eigenvalue weighted by molar-refractivity contribution is -0.121. The van der Waals surface area contributed by atoms with Crippen molar-refractivity contribution in [3.8, 4) is 0 Å². The Kier molecular flexibility index (Phi) is 5.40. The van der Waals surface area contributed by atoms with Crippen LogP contribution >= 0.6 is 0 Å². The zero-order valence-electron chi connectivity index (χ0n) is 10.8. The molecule has 108 valence electrons. The van der Waals surface area contributed by atoms with Gasteiger partial charge in [0.25, 0.3) is 0 Å². The van der Waals surface area contributed by atoms with Crippen LogP contribution in [0.5, 0.6) is 0 Å². The lowest BCUT2D eigenvalue weighted by Crippen LogP contribution is -2.38. The van der Waals surface area contributed by atoms with Gasteiger partial charge in [0.1, 0.15) is 30.9 Å². The van der Waals surface area contributed by atoms with Crippen molar-refractivity contribution in [1.29, 1.82) is 0 Å². The number of nitrogens with two attached hydrogens (primary N) is 1. The first kappa shape index (κ1) is 15.5. The molecule has 0 bridgehead atoms. The number of nitrogens with zero attached hydrogens (tertiary/aromatic N) is 2. The van der Waals surface area contributed by atoms with E-state index in [0.29, 0.717) is 5.56 Å². The van der Waals surface area contributed by atoms with Gasteiger partial charge in [-0.05, 0) is 13.8 Å². The van der Waals surface area contributed by atoms with Crippen LogP contribution in [0, 0.1) is 6.92 Å². The van der Waals surface area contributed by atoms with Crippen molar-refractivity contribution in [2.75, 3.05) is 19.0 Å². The minimum absolute atomic E-state index is 0.121. The number of anilines is 1. The van der Waals surface area contributed by atoms with Crippen LogP contribution in [0.4, 0.5) is 10.2 Å². The summed E-state index contributed by atoms with van der Waals surface area (Å²) in [5, 5.41) is 18.3. The lowest BCUT2D eigenvalue weighted by atomic mass is 10.2. The fourth-order valence-electron chi connectivity index (χ4n) is 1.51. The summed E-state index contributed by atoms with van der Waals surface area (Å²) in [5.41, 5.74) is 5.45. The maximum Gasteiger partial charge on any atom is 0.351 e. The molecule has 0 spiro atoms. The topological polar surface area (TPSA) is 111 Å². The molecule has 1 unspecified atom stereocenters. The zero-order valence-corrected chi connectivity index (χ0v) is 10.8. The molecule has 0 fully saturated rings. The van der Waals surface area contributed by atoms with Gasteiger partial charge in [0.15, 0.2) is 0 Å². The molecule has 8 heteroatoms. The Balaban J connectivity index is 2.91. The van der Waals surface area contributed by atoms with Gasteiger partial charge in [-0.15, -0.1) is 0 Å². The van der Waals surface area contributed by atoms with Gasteiger partial charge in [-0.2, -0.15) is 4.98 Å². The normalized spacial score (nSPS) is 16.1. The maximum absolute atomic E-state index is 12.3. The minimum Gasteiger partial charge on any atom is -0.394 e. The first-order valence-corrected chi connectivity index (χ1v) is 5.76. The number of hydrogen-bond acceptors (Lipinski definition) is 6. The average molecular weight is 275 g/mol. The summed E-state index contributed by atoms with van der Waals surface area (Å²) in [4.78, 5) is 15.2. The van der Waals surface area contributed by atoms with Crippen molar-refractivity contribution in [1.82, 2.24) is 9.55 Å². The van der Waals surface area contributed by atoms with E-state index in [1.54, 1.807) is 6.92 Å². The Hall–Kier alpha value is -1.51. The highest BCUT2D eigenvalue weighted by Gasteiger charge is 2.22. The van der Waals surface area contributed by atoms with E-state index < -0.39 is 37.4 Å². The lowest BCUT2D eigenvalue weighted by Gasteiger charge is -2.24. The summed E-state index contributed by atoms with van der Waals surface area (Å²) >= 11 is 0. The molecule has 0 saturated carbocycles. The summed E-state index contributed by atoms with van der Waals surface area (Å²) in [6.07, 6.45) is -1.95. The van der Waals surface area contributed by atoms with E-state index >= 15 is 0 Å². The maximum atomic E-state index is 12.3. The molecule has 0 saturated heterocycles. The molecule has 0 aliphatic rings. The van der Waals surface area contributed by atoms with E-state index in [0.717, 1.165) is 4.57 Å². The SMILES string of the molecule is Cc1cn(C(C)O[C@H](CO)[C@@H](O)CF)c(=O)nc1N. The minimum atomic E-state index is -1.45. The number of aliphatic hydroxyl groups is 2. The highest BCUT2D eigenvalue weighted by Crippen LogP contribution is 2.13. The molecule has 1 aromatic rings. The molecule has 0 radical (unpaired) electrons. The molecule has 3 atom stereocenters. The number of aliphatic hydroxyl groups excluding tert-OH is 2. The molecule has 1 rings (SSSR count). The third-order valence-electron chi connectivity index (χ3n) is 2.70. The van der Waals surface area contributed by atoms with E-state index in [2.05, 4.69) is 4.98 Å².